The zero-order chi connectivity index (χ0) is 20.1. The van der Waals surface area contributed by atoms with Crippen LogP contribution in [0.5, 0.6) is 0 Å². The van der Waals surface area contributed by atoms with Gasteiger partial charge in [0.25, 0.3) is 5.92 Å². The van der Waals surface area contributed by atoms with Crippen molar-refractivity contribution in [1.29, 1.82) is 0 Å². The lowest BCUT2D eigenvalue weighted by Gasteiger charge is -2.40. The van der Waals surface area contributed by atoms with E-state index in [1.165, 1.54) is 32.1 Å². The monoisotopic (exact) mass is 403 g/mol. The number of fused-ring (bicyclic) bond motifs is 1. The van der Waals surface area contributed by atoms with Gasteiger partial charge in [-0.05, 0) is 44.4 Å². The van der Waals surface area contributed by atoms with Gasteiger partial charge in [-0.2, -0.15) is 0 Å². The van der Waals surface area contributed by atoms with Crippen LogP contribution in [-0.4, -0.2) is 54.8 Å². The van der Waals surface area contributed by atoms with Gasteiger partial charge in [-0.25, -0.2) is 13.6 Å². The van der Waals surface area contributed by atoms with E-state index in [1.807, 2.05) is 6.92 Å². The van der Waals surface area contributed by atoms with Crippen molar-refractivity contribution in [2.45, 2.75) is 88.8 Å². The van der Waals surface area contributed by atoms with Crippen LogP contribution >= 0.6 is 0 Å². The Kier molecular flexibility index (Phi) is 7.47. The van der Waals surface area contributed by atoms with Crippen molar-refractivity contribution in [3.63, 3.8) is 0 Å². The first-order valence-corrected chi connectivity index (χ1v) is 10.7. The Hall–Kier alpha value is -1.03. The Labute approximate surface area is 165 Å². The maximum atomic E-state index is 13.3. The van der Waals surface area contributed by atoms with E-state index in [1.54, 1.807) is 0 Å². The van der Waals surface area contributed by atoms with Crippen LogP contribution in [0.15, 0.2) is 0 Å². The van der Waals surface area contributed by atoms with E-state index >= 15 is 0 Å². The molecule has 1 aliphatic heterocycles. The quantitative estimate of drug-likeness (QED) is 0.403. The molecule has 7 nitrogen and oxygen atoms in total. The fourth-order valence-corrected chi connectivity index (χ4v) is 4.94. The van der Waals surface area contributed by atoms with E-state index in [2.05, 4.69) is 26.6 Å². The predicted molar refractivity (Wildman–Crippen MR) is 103 cm³/mol. The van der Waals surface area contributed by atoms with Crippen LogP contribution < -0.4 is 26.6 Å². The molecule has 2 saturated carbocycles. The number of aliphatic hydroxyl groups is 1. The van der Waals surface area contributed by atoms with Crippen molar-refractivity contribution in [1.82, 2.24) is 26.6 Å². The molecule has 2 aliphatic carbocycles. The topological polar surface area (TPSA) is 97.5 Å². The fraction of sp³-hybridized carbons (Fsp3) is 0.947. The Morgan fingerprint density at radius 2 is 1.82 bits per heavy atom. The van der Waals surface area contributed by atoms with Gasteiger partial charge in [-0.3, -0.25) is 16.0 Å². The molecule has 0 aromatic heterocycles. The van der Waals surface area contributed by atoms with Gasteiger partial charge in [0, 0.05) is 12.1 Å². The second-order valence-corrected chi connectivity index (χ2v) is 8.78. The summed E-state index contributed by atoms with van der Waals surface area (Å²) in [6.07, 6.45) is 8.24. The molecule has 2 amide bonds. The maximum absolute atomic E-state index is 13.3. The summed E-state index contributed by atoms with van der Waals surface area (Å²) in [5, 5.41) is 23.7. The number of halogens is 2. The summed E-state index contributed by atoms with van der Waals surface area (Å²) in [6, 6.07) is 0.0137. The minimum absolute atomic E-state index is 0.0458. The normalized spacial score (nSPS) is 36.4. The summed E-state index contributed by atoms with van der Waals surface area (Å²) in [5.41, 5.74) is 0. The molecule has 28 heavy (non-hydrogen) atoms. The van der Waals surface area contributed by atoms with Gasteiger partial charge in [0.2, 0.25) is 0 Å². The highest BCUT2D eigenvalue weighted by molar-refractivity contribution is 5.74. The number of hydrogen-bond acceptors (Lipinski definition) is 5. The molecule has 0 aromatic carbocycles. The number of urea groups is 1. The first-order valence-electron chi connectivity index (χ1n) is 10.7. The van der Waals surface area contributed by atoms with Crippen molar-refractivity contribution in [2.24, 2.45) is 11.8 Å². The van der Waals surface area contributed by atoms with Gasteiger partial charge in [0.05, 0.1) is 12.7 Å². The molecule has 3 fully saturated rings. The van der Waals surface area contributed by atoms with Crippen molar-refractivity contribution >= 4 is 6.03 Å². The second-order valence-electron chi connectivity index (χ2n) is 8.78. The van der Waals surface area contributed by atoms with E-state index in [4.69, 9.17) is 5.11 Å². The molecule has 0 bridgehead atoms. The molecular formula is C19H35F2N5O2. The zero-order valence-corrected chi connectivity index (χ0v) is 16.6. The molecule has 6 atom stereocenters. The summed E-state index contributed by atoms with van der Waals surface area (Å²) >= 11 is 0. The SMILES string of the molecule is CC1CC(NCC(F)(F)CO)NC(NC(=O)NC2CCC3CCCCC3C2)N1. The number of nitrogens with one attached hydrogen (secondary N) is 5. The van der Waals surface area contributed by atoms with Crippen LogP contribution in [0.3, 0.4) is 0 Å². The molecule has 1 heterocycles. The molecule has 1 saturated heterocycles. The minimum atomic E-state index is -3.16. The molecule has 3 rings (SSSR count). The van der Waals surface area contributed by atoms with Crippen LogP contribution in [-0.2, 0) is 0 Å². The van der Waals surface area contributed by atoms with Gasteiger partial charge in [0.15, 0.2) is 0 Å². The molecule has 0 spiro atoms. The van der Waals surface area contributed by atoms with Gasteiger partial charge in [-0.1, -0.05) is 25.7 Å². The van der Waals surface area contributed by atoms with Crippen LogP contribution in [0, 0.1) is 11.8 Å². The van der Waals surface area contributed by atoms with Crippen molar-refractivity contribution in [2.75, 3.05) is 13.2 Å². The Balaban J connectivity index is 1.42. The largest absolute Gasteiger partial charge is 0.390 e. The Bertz CT molecular complexity index is 525. The minimum Gasteiger partial charge on any atom is -0.390 e. The van der Waals surface area contributed by atoms with Crippen molar-refractivity contribution < 1.29 is 18.7 Å². The smallest absolute Gasteiger partial charge is 0.317 e. The van der Waals surface area contributed by atoms with E-state index in [9.17, 15) is 13.6 Å². The van der Waals surface area contributed by atoms with Crippen molar-refractivity contribution in [3.8, 4) is 0 Å². The molecule has 0 radical (unpaired) electrons. The van der Waals surface area contributed by atoms with Crippen LogP contribution in [0.2, 0.25) is 0 Å². The van der Waals surface area contributed by atoms with Gasteiger partial charge < -0.3 is 15.7 Å². The lowest BCUT2D eigenvalue weighted by molar-refractivity contribution is -0.0514. The van der Waals surface area contributed by atoms with Crippen LogP contribution in [0.1, 0.15) is 58.3 Å². The Morgan fingerprint density at radius 1 is 1.07 bits per heavy atom. The van der Waals surface area contributed by atoms with Gasteiger partial charge in [-0.15, -0.1) is 0 Å². The average molecular weight is 404 g/mol. The number of carbonyl (C=O) groups excluding carboxylic acids is 1. The summed E-state index contributed by atoms with van der Waals surface area (Å²) in [6.45, 7) is 0.141. The van der Waals surface area contributed by atoms with E-state index in [0.29, 0.717) is 6.42 Å². The molecule has 6 unspecified atom stereocenters. The summed E-state index contributed by atoms with van der Waals surface area (Å²) in [4.78, 5) is 12.4. The Morgan fingerprint density at radius 3 is 2.57 bits per heavy atom. The number of aliphatic hydroxyl groups excluding tert-OH is 1. The molecule has 9 heteroatoms. The van der Waals surface area contributed by atoms with E-state index in [0.717, 1.165) is 24.7 Å². The standard InChI is InChI=1S/C19H35F2N5O2/c1-12-8-16(22-10-19(20,21)11-27)25-17(23-12)26-18(28)24-15-7-6-13-4-2-3-5-14(13)9-15/h12-17,22-23,25,27H,2-11H2,1H3,(H2,24,26,28). The first kappa shape index (κ1) is 21.7. The predicted octanol–water partition coefficient (Wildman–Crippen LogP) is 1.44. The maximum Gasteiger partial charge on any atom is 0.317 e. The first-order chi connectivity index (χ1) is 13.3. The summed E-state index contributed by atoms with van der Waals surface area (Å²) in [7, 11) is 0. The van der Waals surface area contributed by atoms with Crippen LogP contribution in [0.25, 0.3) is 0 Å². The molecule has 162 valence electrons. The molecular weight excluding hydrogens is 368 g/mol. The number of amides is 2. The fourth-order valence-electron chi connectivity index (χ4n) is 4.94. The molecule has 0 aromatic rings. The zero-order valence-electron chi connectivity index (χ0n) is 16.6. The third-order valence-corrected chi connectivity index (χ3v) is 6.40. The van der Waals surface area contributed by atoms with Crippen LogP contribution in [0.4, 0.5) is 13.6 Å². The molecule has 3 aliphatic rings. The molecule has 6 N–H and O–H groups in total. The number of carbonyl (C=O) groups is 1. The lowest BCUT2D eigenvalue weighted by Crippen LogP contribution is -2.69. The number of hydrogen-bond donors (Lipinski definition) is 6. The highest BCUT2D eigenvalue weighted by Gasteiger charge is 2.34. The average Bonchev–Trinajstić information content (AvgIpc) is 2.66. The number of rotatable bonds is 6. The highest BCUT2D eigenvalue weighted by atomic mass is 19.3. The highest BCUT2D eigenvalue weighted by Crippen LogP contribution is 2.40. The lowest BCUT2D eigenvalue weighted by atomic mass is 9.69. The van der Waals surface area contributed by atoms with Gasteiger partial charge >= 0.3 is 6.03 Å². The van der Waals surface area contributed by atoms with Crippen molar-refractivity contribution in [3.05, 3.63) is 0 Å². The van der Waals surface area contributed by atoms with Gasteiger partial charge in [0.1, 0.15) is 12.9 Å². The number of alkyl halides is 2. The van der Waals surface area contributed by atoms with E-state index < -0.39 is 25.4 Å². The summed E-state index contributed by atoms with van der Waals surface area (Å²) in [5.74, 6) is -1.59. The summed E-state index contributed by atoms with van der Waals surface area (Å²) < 4.78 is 26.5. The van der Waals surface area contributed by atoms with E-state index in [-0.39, 0.29) is 24.3 Å². The second kappa shape index (κ2) is 9.65. The third-order valence-electron chi connectivity index (χ3n) is 6.40. The third kappa shape index (κ3) is 6.23.